The Morgan fingerprint density at radius 3 is 2.10 bits per heavy atom. The Balaban J connectivity index is 0.000000179. The molecule has 8 nitrogen and oxygen atoms in total. The summed E-state index contributed by atoms with van der Waals surface area (Å²) < 4.78 is 18.3. The van der Waals surface area contributed by atoms with Gasteiger partial charge in [-0.2, -0.15) is 0 Å². The minimum absolute atomic E-state index is 0.420. The fourth-order valence-electron chi connectivity index (χ4n) is 3.29. The van der Waals surface area contributed by atoms with Gasteiger partial charge in [0.05, 0.1) is 13.2 Å². The van der Waals surface area contributed by atoms with E-state index in [9.17, 15) is 4.57 Å². The molecule has 0 N–H and O–H groups in total. The van der Waals surface area contributed by atoms with E-state index in [1.807, 2.05) is 30.3 Å². The van der Waals surface area contributed by atoms with Gasteiger partial charge >= 0.3 is 0 Å². The Morgan fingerprint density at radius 1 is 0.871 bits per heavy atom. The van der Waals surface area contributed by atoms with E-state index in [4.69, 9.17) is 15.8 Å². The second-order valence-electron chi connectivity index (χ2n) is 6.66. The second kappa shape index (κ2) is 10.9. The van der Waals surface area contributed by atoms with Gasteiger partial charge in [-0.15, -0.1) is 0 Å². The first kappa shape index (κ1) is 22.0. The molecule has 4 rings (SSSR count). The van der Waals surface area contributed by atoms with Crippen LogP contribution in [-0.2, 0) is 17.5 Å². The van der Waals surface area contributed by atoms with Crippen LogP contribution < -0.4 is 15.3 Å². The van der Waals surface area contributed by atoms with Crippen molar-refractivity contribution in [2.75, 3.05) is 6.61 Å². The first-order valence-electron chi connectivity index (χ1n) is 9.71. The van der Waals surface area contributed by atoms with Crippen LogP contribution in [-0.4, -0.2) is 6.61 Å². The summed E-state index contributed by atoms with van der Waals surface area (Å²) in [7, 11) is -3.22. The molecule has 0 aliphatic carbocycles. The number of benzene rings is 3. The summed E-state index contributed by atoms with van der Waals surface area (Å²) in [5, 5.41) is 4.67. The van der Waals surface area contributed by atoms with Crippen LogP contribution in [0.2, 0.25) is 0 Å². The number of fused-ring (bicyclic) bond motifs is 1. The summed E-state index contributed by atoms with van der Waals surface area (Å²) in [5.41, 5.74) is 19.2. The number of azide groups is 2. The summed E-state index contributed by atoms with van der Waals surface area (Å²) in [4.78, 5) is 9.02. The smallest absolute Gasteiger partial charge is 0.228 e. The van der Waals surface area contributed by atoms with Gasteiger partial charge in [-0.05, 0) is 46.0 Å². The van der Waals surface area contributed by atoms with Crippen molar-refractivity contribution >= 4 is 17.9 Å². The number of ether oxygens (including phenoxy) is 1. The molecule has 0 spiro atoms. The van der Waals surface area contributed by atoms with Crippen molar-refractivity contribution in [2.45, 2.75) is 19.4 Å². The van der Waals surface area contributed by atoms with Gasteiger partial charge in [-0.3, -0.25) is 0 Å². The molecule has 0 bridgehead atoms. The highest BCUT2D eigenvalue weighted by molar-refractivity contribution is 7.77. The van der Waals surface area contributed by atoms with Gasteiger partial charge in [-0.1, -0.05) is 77.9 Å². The van der Waals surface area contributed by atoms with E-state index in [0.717, 1.165) is 30.8 Å². The van der Waals surface area contributed by atoms with Crippen LogP contribution in [0.25, 0.3) is 20.9 Å². The van der Waals surface area contributed by atoms with Gasteiger partial charge in [0, 0.05) is 20.4 Å². The second-order valence-corrected chi connectivity index (χ2v) is 9.02. The first-order chi connectivity index (χ1) is 15.2. The molecular weight excluding hydrogens is 411 g/mol. The molecule has 3 aromatic rings. The van der Waals surface area contributed by atoms with E-state index in [1.54, 1.807) is 48.5 Å². The maximum absolute atomic E-state index is 12.8. The van der Waals surface area contributed by atoms with Crippen molar-refractivity contribution in [1.29, 1.82) is 0 Å². The molecular formula is C22H21N6O2P. The van der Waals surface area contributed by atoms with E-state index < -0.39 is 7.29 Å². The molecule has 9 heteroatoms. The van der Waals surface area contributed by atoms with E-state index in [0.29, 0.717) is 17.2 Å². The molecule has 156 valence electrons. The molecule has 31 heavy (non-hydrogen) atoms. The lowest BCUT2D eigenvalue weighted by atomic mass is 10.0. The average Bonchev–Trinajstić information content (AvgIpc) is 2.84. The van der Waals surface area contributed by atoms with Gasteiger partial charge in [0.15, 0.2) is 0 Å². The third kappa shape index (κ3) is 5.47. The summed E-state index contributed by atoms with van der Waals surface area (Å²) in [5.74, 6) is 0.946. The predicted octanol–water partition coefficient (Wildman–Crippen LogP) is 6.05. The van der Waals surface area contributed by atoms with Gasteiger partial charge < -0.3 is 9.30 Å². The highest BCUT2D eigenvalue weighted by Crippen LogP contribution is 2.44. The molecule has 0 fully saturated rings. The largest absolute Gasteiger partial charge is 0.493 e. The standard InChI is InChI=1S/C12H10N3OP.C10H11N3O/c13-14-15-17(16,11-7-3-1-4-8-11)12-9-5-2-6-10-12;11-13-12-7-8-3-1-5-10-9(8)4-2-6-14-10/h1-10H;1,3,5H,2,4,6-7H2. The topological polar surface area (TPSA) is 124 Å². The highest BCUT2D eigenvalue weighted by Gasteiger charge is 2.25. The Bertz CT molecular complexity index is 1110. The zero-order chi connectivity index (χ0) is 21.9. The van der Waals surface area contributed by atoms with E-state index in [1.165, 1.54) is 5.56 Å². The average molecular weight is 432 g/mol. The molecule has 0 aromatic heterocycles. The van der Waals surface area contributed by atoms with Crippen LogP contribution in [0.15, 0.2) is 88.9 Å². The quantitative estimate of drug-likeness (QED) is 0.211. The molecule has 0 atom stereocenters. The molecule has 3 aromatic carbocycles. The zero-order valence-corrected chi connectivity index (χ0v) is 17.7. The number of rotatable bonds is 5. The van der Waals surface area contributed by atoms with Crippen LogP contribution in [0.1, 0.15) is 17.5 Å². The maximum atomic E-state index is 12.8. The lowest BCUT2D eigenvalue weighted by Crippen LogP contribution is -2.13. The van der Waals surface area contributed by atoms with Gasteiger partial charge in [-0.25, -0.2) is 0 Å². The molecule has 0 amide bonds. The van der Waals surface area contributed by atoms with Crippen molar-refractivity contribution < 1.29 is 9.30 Å². The third-order valence-corrected chi connectivity index (χ3v) is 7.07. The maximum Gasteiger partial charge on any atom is 0.228 e. The van der Waals surface area contributed by atoms with Crippen LogP contribution in [0.3, 0.4) is 0 Å². The van der Waals surface area contributed by atoms with Crippen molar-refractivity contribution in [2.24, 2.45) is 10.00 Å². The summed E-state index contributed by atoms with van der Waals surface area (Å²) >= 11 is 0. The van der Waals surface area contributed by atoms with Gasteiger partial charge in [0.1, 0.15) is 5.75 Å². The van der Waals surface area contributed by atoms with Crippen LogP contribution >= 0.6 is 7.29 Å². The van der Waals surface area contributed by atoms with Gasteiger partial charge in [0.2, 0.25) is 7.29 Å². The zero-order valence-electron chi connectivity index (χ0n) is 16.8. The molecule has 0 unspecified atom stereocenters. The minimum Gasteiger partial charge on any atom is -0.493 e. The van der Waals surface area contributed by atoms with Crippen molar-refractivity contribution in [3.63, 3.8) is 0 Å². The minimum atomic E-state index is -3.22. The molecule has 1 aliphatic heterocycles. The fraction of sp³-hybridized carbons (Fsp3) is 0.182. The predicted molar refractivity (Wildman–Crippen MR) is 122 cm³/mol. The Labute approximate surface area is 180 Å². The lowest BCUT2D eigenvalue weighted by molar-refractivity contribution is 0.287. The number of nitrogens with zero attached hydrogens (tertiary/aromatic N) is 6. The van der Waals surface area contributed by atoms with E-state index in [2.05, 4.69) is 19.8 Å². The van der Waals surface area contributed by atoms with Crippen LogP contribution in [0, 0.1) is 0 Å². The van der Waals surface area contributed by atoms with Crippen LogP contribution in [0.5, 0.6) is 5.75 Å². The SMILES string of the molecule is [N-]=[N+]=NCc1cccc2c1CCCO2.[N-]=[N+]=NP(=O)(c1ccccc1)c1ccccc1. The molecule has 0 saturated carbocycles. The van der Waals surface area contributed by atoms with Gasteiger partial charge in [0.25, 0.3) is 0 Å². The lowest BCUT2D eigenvalue weighted by Gasteiger charge is -2.19. The van der Waals surface area contributed by atoms with Crippen molar-refractivity contribution in [1.82, 2.24) is 0 Å². The number of hydrogen-bond donors (Lipinski definition) is 0. The van der Waals surface area contributed by atoms with Crippen molar-refractivity contribution in [3.05, 3.63) is 111 Å². The molecule has 0 radical (unpaired) electrons. The van der Waals surface area contributed by atoms with E-state index >= 15 is 0 Å². The normalized spacial score (nSPS) is 12.0. The van der Waals surface area contributed by atoms with Crippen molar-refractivity contribution in [3.8, 4) is 5.75 Å². The summed E-state index contributed by atoms with van der Waals surface area (Å²) in [6.45, 7) is 1.21. The summed E-state index contributed by atoms with van der Waals surface area (Å²) in [6, 6.07) is 23.5. The molecule has 1 heterocycles. The Morgan fingerprint density at radius 2 is 1.52 bits per heavy atom. The summed E-state index contributed by atoms with van der Waals surface area (Å²) in [6.07, 6.45) is 2.06. The fourth-order valence-corrected chi connectivity index (χ4v) is 5.06. The highest BCUT2D eigenvalue weighted by atomic mass is 31.2. The molecule has 0 saturated heterocycles. The molecule has 1 aliphatic rings. The van der Waals surface area contributed by atoms with Crippen LogP contribution in [0.4, 0.5) is 0 Å². The Kier molecular flexibility index (Phi) is 7.74. The number of hydrogen-bond acceptors (Lipinski definition) is 3. The van der Waals surface area contributed by atoms with E-state index in [-0.39, 0.29) is 0 Å². The monoisotopic (exact) mass is 432 g/mol. The Hall–Kier alpha value is -3.69. The third-order valence-electron chi connectivity index (χ3n) is 4.74. The first-order valence-corrected chi connectivity index (χ1v) is 11.4.